The number of nitrogens with zero attached hydrogens (tertiary/aromatic N) is 1. The molecule has 1 fully saturated rings. The van der Waals surface area contributed by atoms with Crippen LogP contribution in [0.5, 0.6) is 0 Å². The van der Waals surface area contributed by atoms with Gasteiger partial charge in [-0.3, -0.25) is 0 Å². The van der Waals surface area contributed by atoms with Crippen molar-refractivity contribution in [2.45, 2.75) is 44.7 Å². The molecule has 0 spiro atoms. The van der Waals surface area contributed by atoms with Gasteiger partial charge in [-0.1, -0.05) is 49.6 Å². The third-order valence-electron chi connectivity index (χ3n) is 3.94. The average molecular weight is 315 g/mol. The molecule has 1 saturated carbocycles. The molecule has 1 aliphatic carbocycles. The largest absolute Gasteiger partial charge is 0.335 e. The van der Waals surface area contributed by atoms with Crippen LogP contribution in [0.3, 0.4) is 0 Å². The second-order valence-electron chi connectivity index (χ2n) is 5.67. The van der Waals surface area contributed by atoms with E-state index in [1.165, 1.54) is 19.3 Å². The normalized spacial score (nSPS) is 15.5. The van der Waals surface area contributed by atoms with Crippen molar-refractivity contribution in [3.63, 3.8) is 0 Å². The Morgan fingerprint density at radius 1 is 1.18 bits per heavy atom. The number of hydrogen-bond donors (Lipinski definition) is 2. The highest BCUT2D eigenvalue weighted by molar-refractivity contribution is 7.13. The number of hydrogen-bond acceptors (Lipinski definition) is 3. The maximum atomic E-state index is 11.9. The van der Waals surface area contributed by atoms with E-state index < -0.39 is 0 Å². The fourth-order valence-electron chi connectivity index (χ4n) is 2.76. The monoisotopic (exact) mass is 315 g/mol. The summed E-state index contributed by atoms with van der Waals surface area (Å²) >= 11 is 1.61. The van der Waals surface area contributed by atoms with Crippen LogP contribution in [0.25, 0.3) is 10.6 Å². The lowest BCUT2D eigenvalue weighted by atomic mass is 9.96. The molecule has 2 aromatic rings. The van der Waals surface area contributed by atoms with Crippen molar-refractivity contribution in [3.8, 4) is 10.6 Å². The Bertz CT molecular complexity index is 605. The summed E-state index contributed by atoms with van der Waals surface area (Å²) in [5, 5.41) is 8.95. The molecule has 116 valence electrons. The fraction of sp³-hybridized carbons (Fsp3) is 0.412. The molecular formula is C17H21N3OS. The SMILES string of the molecule is O=C(NCc1csc(-c2ccccc2)n1)NC1CCCCC1. The van der Waals surface area contributed by atoms with Crippen molar-refractivity contribution in [1.82, 2.24) is 15.6 Å². The highest BCUT2D eigenvalue weighted by Gasteiger charge is 2.15. The Labute approximate surface area is 135 Å². The zero-order valence-electron chi connectivity index (χ0n) is 12.5. The van der Waals surface area contributed by atoms with Crippen molar-refractivity contribution < 1.29 is 4.79 Å². The van der Waals surface area contributed by atoms with Gasteiger partial charge in [0, 0.05) is 17.0 Å². The quantitative estimate of drug-likeness (QED) is 0.898. The van der Waals surface area contributed by atoms with Gasteiger partial charge in [0.2, 0.25) is 0 Å². The maximum absolute atomic E-state index is 11.9. The van der Waals surface area contributed by atoms with E-state index >= 15 is 0 Å². The highest BCUT2D eigenvalue weighted by Crippen LogP contribution is 2.23. The Morgan fingerprint density at radius 3 is 2.73 bits per heavy atom. The summed E-state index contributed by atoms with van der Waals surface area (Å²) in [4.78, 5) is 16.5. The Kier molecular flexibility index (Phi) is 5.06. The predicted octanol–water partition coefficient (Wildman–Crippen LogP) is 3.94. The van der Waals surface area contributed by atoms with Crippen molar-refractivity contribution >= 4 is 17.4 Å². The summed E-state index contributed by atoms with van der Waals surface area (Å²) in [5.41, 5.74) is 2.02. The van der Waals surface area contributed by atoms with E-state index in [2.05, 4.69) is 15.6 Å². The minimum Gasteiger partial charge on any atom is -0.335 e. The van der Waals surface area contributed by atoms with E-state index in [1.54, 1.807) is 11.3 Å². The summed E-state index contributed by atoms with van der Waals surface area (Å²) < 4.78 is 0. The number of benzene rings is 1. The van der Waals surface area contributed by atoms with Gasteiger partial charge in [-0.2, -0.15) is 0 Å². The van der Waals surface area contributed by atoms with E-state index in [0.29, 0.717) is 12.6 Å². The molecule has 2 N–H and O–H groups in total. The number of urea groups is 1. The first-order chi connectivity index (χ1) is 10.8. The average Bonchev–Trinajstić information content (AvgIpc) is 3.04. The summed E-state index contributed by atoms with van der Waals surface area (Å²) in [6.45, 7) is 0.474. The van der Waals surface area contributed by atoms with Gasteiger partial charge in [0.1, 0.15) is 5.01 Å². The third-order valence-corrected chi connectivity index (χ3v) is 4.88. The zero-order chi connectivity index (χ0) is 15.2. The number of rotatable bonds is 4. The van der Waals surface area contributed by atoms with Gasteiger partial charge in [-0.25, -0.2) is 9.78 Å². The molecule has 1 heterocycles. The molecule has 0 unspecified atom stereocenters. The standard InChI is InChI=1S/C17H21N3OS/c21-17(20-14-9-5-2-6-10-14)18-11-15-12-22-16(19-15)13-7-3-1-4-8-13/h1,3-4,7-8,12,14H,2,5-6,9-11H2,(H2,18,20,21). The van der Waals surface area contributed by atoms with Crippen molar-refractivity contribution in [1.29, 1.82) is 0 Å². The third kappa shape index (κ3) is 4.07. The number of thiazole rings is 1. The number of aromatic nitrogens is 1. The fourth-order valence-corrected chi connectivity index (χ4v) is 3.58. The van der Waals surface area contributed by atoms with E-state index in [1.807, 2.05) is 35.7 Å². The Hall–Kier alpha value is -1.88. The van der Waals surface area contributed by atoms with Crippen LogP contribution in [-0.2, 0) is 6.54 Å². The molecule has 0 bridgehead atoms. The molecule has 0 saturated heterocycles. The van der Waals surface area contributed by atoms with Gasteiger partial charge < -0.3 is 10.6 Å². The van der Waals surface area contributed by atoms with Crippen LogP contribution in [0, 0.1) is 0 Å². The molecule has 4 nitrogen and oxygen atoms in total. The van der Waals surface area contributed by atoms with E-state index in [-0.39, 0.29) is 6.03 Å². The zero-order valence-corrected chi connectivity index (χ0v) is 13.4. The molecule has 5 heteroatoms. The van der Waals surface area contributed by atoms with E-state index in [9.17, 15) is 4.79 Å². The first-order valence-corrected chi connectivity index (χ1v) is 8.73. The van der Waals surface area contributed by atoms with Crippen molar-refractivity contribution in [2.75, 3.05) is 0 Å². The van der Waals surface area contributed by atoms with Crippen LogP contribution in [0.4, 0.5) is 4.79 Å². The Morgan fingerprint density at radius 2 is 1.95 bits per heavy atom. The minimum absolute atomic E-state index is 0.0823. The maximum Gasteiger partial charge on any atom is 0.315 e. The molecule has 1 aliphatic rings. The van der Waals surface area contributed by atoms with Gasteiger partial charge in [-0.05, 0) is 12.8 Å². The number of amides is 2. The molecular weight excluding hydrogens is 294 g/mol. The van der Waals surface area contributed by atoms with Gasteiger partial charge in [0.05, 0.1) is 12.2 Å². The van der Waals surface area contributed by atoms with Crippen molar-refractivity contribution in [2.24, 2.45) is 0 Å². The molecule has 0 radical (unpaired) electrons. The molecule has 1 aromatic carbocycles. The second kappa shape index (κ2) is 7.40. The first kappa shape index (κ1) is 15.0. The van der Waals surface area contributed by atoms with Crippen LogP contribution < -0.4 is 10.6 Å². The first-order valence-electron chi connectivity index (χ1n) is 7.85. The minimum atomic E-state index is -0.0823. The lowest BCUT2D eigenvalue weighted by Crippen LogP contribution is -2.42. The van der Waals surface area contributed by atoms with Crippen molar-refractivity contribution in [3.05, 3.63) is 41.4 Å². The highest BCUT2D eigenvalue weighted by atomic mass is 32.1. The number of nitrogens with one attached hydrogen (secondary N) is 2. The lowest BCUT2D eigenvalue weighted by molar-refractivity contribution is 0.232. The van der Waals surface area contributed by atoms with Crippen LogP contribution in [-0.4, -0.2) is 17.1 Å². The smallest absolute Gasteiger partial charge is 0.315 e. The van der Waals surface area contributed by atoms with Crippen LogP contribution in [0.2, 0.25) is 0 Å². The lowest BCUT2D eigenvalue weighted by Gasteiger charge is -2.22. The van der Waals surface area contributed by atoms with Gasteiger partial charge >= 0.3 is 6.03 Å². The van der Waals surface area contributed by atoms with E-state index in [0.717, 1.165) is 29.1 Å². The molecule has 22 heavy (non-hydrogen) atoms. The summed E-state index contributed by atoms with van der Waals surface area (Å²) in [6, 6.07) is 10.4. The van der Waals surface area contributed by atoms with Crippen LogP contribution in [0.1, 0.15) is 37.8 Å². The second-order valence-corrected chi connectivity index (χ2v) is 6.53. The number of carbonyl (C=O) groups is 1. The summed E-state index contributed by atoms with van der Waals surface area (Å²) in [5.74, 6) is 0. The summed E-state index contributed by atoms with van der Waals surface area (Å²) in [6.07, 6.45) is 5.93. The van der Waals surface area contributed by atoms with Gasteiger partial charge in [-0.15, -0.1) is 11.3 Å². The van der Waals surface area contributed by atoms with Crippen LogP contribution in [0.15, 0.2) is 35.7 Å². The molecule has 0 atom stereocenters. The van der Waals surface area contributed by atoms with Gasteiger partial charge in [0.15, 0.2) is 0 Å². The topological polar surface area (TPSA) is 54.0 Å². The van der Waals surface area contributed by atoms with Crippen LogP contribution >= 0.6 is 11.3 Å². The van der Waals surface area contributed by atoms with Gasteiger partial charge in [0.25, 0.3) is 0 Å². The predicted molar refractivity (Wildman–Crippen MR) is 89.8 cm³/mol. The summed E-state index contributed by atoms with van der Waals surface area (Å²) in [7, 11) is 0. The molecule has 1 aromatic heterocycles. The van der Waals surface area contributed by atoms with E-state index in [4.69, 9.17) is 0 Å². The molecule has 2 amide bonds. The molecule has 0 aliphatic heterocycles. The number of carbonyl (C=O) groups excluding carboxylic acids is 1. The Balaban J connectivity index is 1.49. The molecule has 3 rings (SSSR count).